The molecule has 0 spiro atoms. The van der Waals surface area contributed by atoms with Gasteiger partial charge >= 0.3 is 18.0 Å². The van der Waals surface area contributed by atoms with Gasteiger partial charge in [-0.25, -0.2) is 0 Å². The number of hydrogen-bond donors (Lipinski definition) is 2. The number of anilines is 1. The molecule has 1 atom stereocenters. The van der Waals surface area contributed by atoms with E-state index >= 15 is 0 Å². The highest BCUT2D eigenvalue weighted by molar-refractivity contribution is 6.18. The molecule has 0 radical (unpaired) electrons. The molecule has 1 rings (SSSR count). The summed E-state index contributed by atoms with van der Waals surface area (Å²) < 4.78 is 77.8. The standard InChI is InChI=1S/C13H14ClF6NO/c1-7-5-9(6-8(2)10(7)21-4-3-14)11(15,16)12(17,22)13(18,19)20/h5-6,21-22H,3-4H2,1-2H3. The minimum atomic E-state index is -6.13. The summed E-state index contributed by atoms with van der Waals surface area (Å²) in [5.41, 5.74) is -0.494. The molecule has 2 N–H and O–H groups in total. The van der Waals surface area contributed by atoms with Crippen molar-refractivity contribution >= 4 is 17.3 Å². The fraction of sp³-hybridized carbons (Fsp3) is 0.538. The lowest BCUT2D eigenvalue weighted by Crippen LogP contribution is -2.53. The molecule has 126 valence electrons. The zero-order valence-electron chi connectivity index (χ0n) is 11.7. The fourth-order valence-electron chi connectivity index (χ4n) is 1.97. The second-order valence-electron chi connectivity index (χ2n) is 4.80. The Morgan fingerprint density at radius 3 is 1.86 bits per heavy atom. The van der Waals surface area contributed by atoms with E-state index in [0.717, 1.165) is 0 Å². The van der Waals surface area contributed by atoms with E-state index in [2.05, 4.69) is 5.32 Å². The van der Waals surface area contributed by atoms with Gasteiger partial charge in [-0.15, -0.1) is 11.6 Å². The molecule has 0 heterocycles. The third-order valence-electron chi connectivity index (χ3n) is 3.08. The first-order chi connectivity index (χ1) is 9.86. The van der Waals surface area contributed by atoms with Crippen LogP contribution >= 0.6 is 11.6 Å². The molecule has 0 aliphatic heterocycles. The topological polar surface area (TPSA) is 32.3 Å². The van der Waals surface area contributed by atoms with E-state index in [-0.39, 0.29) is 17.0 Å². The molecule has 2 nitrogen and oxygen atoms in total. The van der Waals surface area contributed by atoms with Crippen molar-refractivity contribution in [1.29, 1.82) is 0 Å². The van der Waals surface area contributed by atoms with E-state index in [1.54, 1.807) is 0 Å². The van der Waals surface area contributed by atoms with Crippen LogP contribution in [-0.4, -0.2) is 29.6 Å². The number of benzene rings is 1. The van der Waals surface area contributed by atoms with Crippen LogP contribution in [0.1, 0.15) is 16.7 Å². The molecule has 0 bridgehead atoms. The van der Waals surface area contributed by atoms with E-state index in [1.807, 2.05) is 0 Å². The molecule has 1 unspecified atom stereocenters. The normalized spacial score (nSPS) is 15.5. The second kappa shape index (κ2) is 6.16. The molecular formula is C13H14ClF6NO. The quantitative estimate of drug-likeness (QED) is 0.615. The van der Waals surface area contributed by atoms with Crippen molar-refractivity contribution in [3.05, 3.63) is 28.8 Å². The SMILES string of the molecule is Cc1cc(C(F)(F)C(O)(F)C(F)(F)F)cc(C)c1NCCCl. The Balaban J connectivity index is 3.33. The number of halogens is 7. The predicted octanol–water partition coefficient (Wildman–Crippen LogP) is 4.27. The van der Waals surface area contributed by atoms with Crippen LogP contribution in [0.25, 0.3) is 0 Å². The summed E-state index contributed by atoms with van der Waals surface area (Å²) in [5.74, 6) is -10.6. The van der Waals surface area contributed by atoms with Crippen LogP contribution in [0.5, 0.6) is 0 Å². The van der Waals surface area contributed by atoms with Crippen LogP contribution in [0, 0.1) is 13.8 Å². The highest BCUT2D eigenvalue weighted by Gasteiger charge is 2.71. The van der Waals surface area contributed by atoms with Gasteiger partial charge in [-0.05, 0) is 37.1 Å². The Bertz CT molecular complexity index is 521. The molecule has 0 aliphatic carbocycles. The first-order valence-electron chi connectivity index (χ1n) is 6.13. The lowest BCUT2D eigenvalue weighted by molar-refractivity contribution is -0.390. The van der Waals surface area contributed by atoms with Gasteiger partial charge in [0.1, 0.15) is 0 Å². The number of alkyl halides is 7. The van der Waals surface area contributed by atoms with Crippen LogP contribution in [-0.2, 0) is 5.92 Å². The summed E-state index contributed by atoms with van der Waals surface area (Å²) >= 11 is 5.48. The van der Waals surface area contributed by atoms with Crippen molar-refractivity contribution in [3.63, 3.8) is 0 Å². The maximum absolute atomic E-state index is 13.8. The van der Waals surface area contributed by atoms with Crippen LogP contribution in [0.4, 0.5) is 32.0 Å². The molecule has 0 saturated heterocycles. The Kier molecular flexibility index (Phi) is 5.29. The van der Waals surface area contributed by atoms with Gasteiger partial charge in [0, 0.05) is 23.7 Å². The Labute approximate surface area is 128 Å². The summed E-state index contributed by atoms with van der Waals surface area (Å²) in [6.07, 6.45) is -6.13. The van der Waals surface area contributed by atoms with E-state index in [1.165, 1.54) is 13.8 Å². The van der Waals surface area contributed by atoms with Crippen molar-refractivity contribution in [1.82, 2.24) is 0 Å². The van der Waals surface area contributed by atoms with Crippen molar-refractivity contribution in [3.8, 4) is 0 Å². The van der Waals surface area contributed by atoms with Crippen molar-refractivity contribution in [2.45, 2.75) is 31.8 Å². The summed E-state index contributed by atoms with van der Waals surface area (Å²) in [7, 11) is 0. The zero-order valence-corrected chi connectivity index (χ0v) is 12.4. The minimum absolute atomic E-state index is 0.178. The largest absolute Gasteiger partial charge is 0.455 e. The van der Waals surface area contributed by atoms with Crippen LogP contribution in [0.3, 0.4) is 0 Å². The second-order valence-corrected chi connectivity index (χ2v) is 5.17. The first kappa shape index (κ1) is 18.9. The molecule has 1 aromatic carbocycles. The average Bonchev–Trinajstić information content (AvgIpc) is 2.36. The molecule has 1 aromatic rings. The smallest absolute Gasteiger partial charge is 0.383 e. The fourth-order valence-corrected chi connectivity index (χ4v) is 2.06. The number of aliphatic hydroxyl groups is 1. The maximum atomic E-state index is 13.8. The van der Waals surface area contributed by atoms with E-state index < -0.39 is 23.5 Å². The van der Waals surface area contributed by atoms with Gasteiger partial charge in [0.2, 0.25) is 0 Å². The Morgan fingerprint density at radius 2 is 1.50 bits per heavy atom. The van der Waals surface area contributed by atoms with Crippen LogP contribution in [0.15, 0.2) is 12.1 Å². The molecule has 22 heavy (non-hydrogen) atoms. The molecule has 0 saturated carbocycles. The monoisotopic (exact) mass is 349 g/mol. The number of nitrogens with one attached hydrogen (secondary N) is 1. The zero-order chi connectivity index (χ0) is 17.3. The highest BCUT2D eigenvalue weighted by Crippen LogP contribution is 2.49. The number of hydrogen-bond acceptors (Lipinski definition) is 2. The third kappa shape index (κ3) is 3.27. The summed E-state index contributed by atoms with van der Waals surface area (Å²) in [6, 6.07) is 1.39. The third-order valence-corrected chi connectivity index (χ3v) is 3.27. The van der Waals surface area contributed by atoms with Crippen molar-refractivity contribution < 1.29 is 31.4 Å². The van der Waals surface area contributed by atoms with Gasteiger partial charge in [0.05, 0.1) is 0 Å². The van der Waals surface area contributed by atoms with Gasteiger partial charge in [-0.3, -0.25) is 0 Å². The summed E-state index contributed by atoms with van der Waals surface area (Å²) in [5, 5.41) is 11.5. The first-order valence-corrected chi connectivity index (χ1v) is 6.67. The molecule has 0 aromatic heterocycles. The van der Waals surface area contributed by atoms with Gasteiger partial charge in [-0.1, -0.05) is 0 Å². The van der Waals surface area contributed by atoms with E-state index in [9.17, 15) is 26.3 Å². The molecular weight excluding hydrogens is 336 g/mol. The molecule has 0 amide bonds. The van der Waals surface area contributed by atoms with Gasteiger partial charge in [0.25, 0.3) is 0 Å². The van der Waals surface area contributed by atoms with Gasteiger partial charge < -0.3 is 10.4 Å². The molecule has 0 aliphatic rings. The molecule has 9 heteroatoms. The van der Waals surface area contributed by atoms with Gasteiger partial charge in [-0.2, -0.15) is 26.3 Å². The summed E-state index contributed by atoms with van der Waals surface area (Å²) in [4.78, 5) is 0. The predicted molar refractivity (Wildman–Crippen MR) is 71.1 cm³/mol. The van der Waals surface area contributed by atoms with Crippen molar-refractivity contribution in [2.24, 2.45) is 0 Å². The molecule has 0 fully saturated rings. The Morgan fingerprint density at radius 1 is 1.05 bits per heavy atom. The van der Waals surface area contributed by atoms with Crippen molar-refractivity contribution in [2.75, 3.05) is 17.7 Å². The lowest BCUT2D eigenvalue weighted by atomic mass is 9.95. The highest BCUT2D eigenvalue weighted by atomic mass is 35.5. The lowest BCUT2D eigenvalue weighted by Gasteiger charge is -2.31. The minimum Gasteiger partial charge on any atom is -0.383 e. The average molecular weight is 350 g/mol. The van der Waals surface area contributed by atoms with Crippen LogP contribution in [0.2, 0.25) is 0 Å². The van der Waals surface area contributed by atoms with Gasteiger partial charge in [0.15, 0.2) is 0 Å². The Hall–Kier alpha value is -1.15. The maximum Gasteiger partial charge on any atom is 0.455 e. The summed E-state index contributed by atoms with van der Waals surface area (Å²) in [6.45, 7) is 3.05. The van der Waals surface area contributed by atoms with Crippen LogP contribution < -0.4 is 5.32 Å². The number of aryl methyl sites for hydroxylation is 2. The van der Waals surface area contributed by atoms with E-state index in [0.29, 0.717) is 24.4 Å². The number of rotatable bonds is 5. The van der Waals surface area contributed by atoms with E-state index in [4.69, 9.17) is 16.7 Å².